The number of piperazine rings is 1. The number of imidazole rings is 1. The van der Waals surface area contributed by atoms with Gasteiger partial charge in [0.1, 0.15) is 12.1 Å². The number of aromatic nitrogens is 5. The summed E-state index contributed by atoms with van der Waals surface area (Å²) in [7, 11) is 0. The van der Waals surface area contributed by atoms with Crippen LogP contribution in [0.5, 0.6) is 0 Å². The van der Waals surface area contributed by atoms with Crippen molar-refractivity contribution < 1.29 is 4.79 Å². The number of H-pyrrole nitrogens is 1. The number of amides is 1. The van der Waals surface area contributed by atoms with Gasteiger partial charge in [-0.2, -0.15) is 0 Å². The molecule has 35 heavy (non-hydrogen) atoms. The number of nitrogens with zero attached hydrogens (tertiary/aromatic N) is 6. The van der Waals surface area contributed by atoms with Crippen LogP contribution in [0.25, 0.3) is 22.2 Å². The van der Waals surface area contributed by atoms with Crippen LogP contribution < -0.4 is 5.32 Å². The van der Waals surface area contributed by atoms with E-state index in [1.165, 1.54) is 19.2 Å². The van der Waals surface area contributed by atoms with Crippen LogP contribution in [0.2, 0.25) is 0 Å². The largest absolute Gasteiger partial charge is 0.340 e. The Morgan fingerprint density at radius 1 is 1.06 bits per heavy atom. The number of carbonyl (C=O) groups excluding carboxylic acids is 1. The average Bonchev–Trinajstić information content (AvgIpc) is 3.62. The number of aromatic amines is 1. The number of anilines is 2. The molecule has 3 aromatic heterocycles. The molecule has 1 aliphatic heterocycles. The number of hydrogen-bond donors (Lipinski definition) is 2. The van der Waals surface area contributed by atoms with E-state index in [9.17, 15) is 4.79 Å². The molecule has 2 fully saturated rings. The number of pyridine rings is 1. The van der Waals surface area contributed by atoms with Gasteiger partial charge in [-0.25, -0.2) is 19.9 Å². The van der Waals surface area contributed by atoms with E-state index in [0.29, 0.717) is 17.8 Å². The van der Waals surface area contributed by atoms with Gasteiger partial charge in [-0.1, -0.05) is 12.1 Å². The molecule has 9 heteroatoms. The number of carbonyl (C=O) groups is 1. The van der Waals surface area contributed by atoms with Crippen molar-refractivity contribution in [3.05, 3.63) is 60.8 Å². The molecule has 4 aromatic rings. The highest BCUT2D eigenvalue weighted by molar-refractivity contribution is 5.83. The van der Waals surface area contributed by atoms with Crippen molar-refractivity contribution in [3.8, 4) is 11.1 Å². The van der Waals surface area contributed by atoms with E-state index in [0.717, 1.165) is 72.7 Å². The summed E-state index contributed by atoms with van der Waals surface area (Å²) in [6.07, 6.45) is 10.1. The lowest BCUT2D eigenvalue weighted by molar-refractivity contribution is -0.133. The molecule has 2 N–H and O–H groups in total. The van der Waals surface area contributed by atoms with Crippen molar-refractivity contribution in [2.75, 3.05) is 31.5 Å². The molecule has 6 rings (SSSR count). The Labute approximate surface area is 203 Å². The van der Waals surface area contributed by atoms with E-state index < -0.39 is 0 Å². The quantitative estimate of drug-likeness (QED) is 0.427. The first-order chi connectivity index (χ1) is 17.2. The molecule has 0 atom stereocenters. The lowest BCUT2D eigenvalue weighted by Gasteiger charge is -2.35. The Balaban J connectivity index is 1.13. The Hall–Kier alpha value is -3.85. The minimum Gasteiger partial charge on any atom is -0.340 e. The normalized spacial score (nSPS) is 16.5. The van der Waals surface area contributed by atoms with Crippen LogP contribution in [0.4, 0.5) is 11.8 Å². The highest BCUT2D eigenvalue weighted by Gasteiger charge is 2.28. The molecule has 1 aliphatic carbocycles. The first-order valence-corrected chi connectivity index (χ1v) is 12.2. The molecule has 9 nitrogen and oxygen atoms in total. The smallest absolute Gasteiger partial charge is 0.222 e. The van der Waals surface area contributed by atoms with Crippen LogP contribution in [-0.2, 0) is 11.3 Å². The summed E-state index contributed by atoms with van der Waals surface area (Å²) in [6, 6.07) is 10.1. The van der Waals surface area contributed by atoms with Crippen molar-refractivity contribution in [1.82, 2.24) is 34.7 Å². The lowest BCUT2D eigenvalue weighted by atomic mass is 10.1. The fourth-order valence-electron chi connectivity index (χ4n) is 4.58. The molecule has 1 saturated heterocycles. The summed E-state index contributed by atoms with van der Waals surface area (Å²) in [6.45, 7) is 4.13. The van der Waals surface area contributed by atoms with Gasteiger partial charge in [-0.3, -0.25) is 9.69 Å². The molecule has 0 spiro atoms. The minimum atomic E-state index is 0.323. The summed E-state index contributed by atoms with van der Waals surface area (Å²) < 4.78 is 0. The number of rotatable bonds is 7. The van der Waals surface area contributed by atoms with Gasteiger partial charge in [-0.15, -0.1) is 0 Å². The van der Waals surface area contributed by atoms with Crippen molar-refractivity contribution in [2.45, 2.75) is 25.8 Å². The number of fused-ring (bicyclic) bond motifs is 1. The van der Waals surface area contributed by atoms with Crippen molar-refractivity contribution in [3.63, 3.8) is 0 Å². The summed E-state index contributed by atoms with van der Waals surface area (Å²) in [5, 5.41) is 3.37. The van der Waals surface area contributed by atoms with Gasteiger partial charge in [0.15, 0.2) is 0 Å². The van der Waals surface area contributed by atoms with Crippen LogP contribution in [-0.4, -0.2) is 66.8 Å². The first kappa shape index (κ1) is 21.7. The molecule has 1 aromatic carbocycles. The Morgan fingerprint density at radius 2 is 1.89 bits per heavy atom. The van der Waals surface area contributed by atoms with E-state index >= 15 is 0 Å². The van der Waals surface area contributed by atoms with Crippen LogP contribution >= 0.6 is 0 Å². The van der Waals surface area contributed by atoms with Crippen molar-refractivity contribution >= 4 is 28.7 Å². The topological polar surface area (TPSA) is 103 Å². The van der Waals surface area contributed by atoms with Crippen LogP contribution in [0.1, 0.15) is 24.8 Å². The molecule has 0 radical (unpaired) electrons. The second kappa shape index (κ2) is 9.42. The zero-order chi connectivity index (χ0) is 23.6. The van der Waals surface area contributed by atoms with Gasteiger partial charge in [0.2, 0.25) is 11.9 Å². The van der Waals surface area contributed by atoms with Gasteiger partial charge in [0, 0.05) is 68.9 Å². The maximum absolute atomic E-state index is 12.4. The number of benzene rings is 1. The standard InChI is InChI=1S/C26H28N8O/c35-24(12-18-3-4-18)34-10-8-33(9-11-34)16-20-2-1-7-29-25(20)32-26-30-22-6-5-19(13-23(22)31-26)21-14-27-17-28-15-21/h1-2,5-7,13-15,17-18H,3-4,8-12,16H2,(H2,29,30,31,32). The molecular formula is C26H28N8O. The van der Waals surface area contributed by atoms with Gasteiger partial charge in [0.05, 0.1) is 11.0 Å². The summed E-state index contributed by atoms with van der Waals surface area (Å²) in [5.74, 6) is 2.40. The van der Waals surface area contributed by atoms with Crippen molar-refractivity contribution in [2.24, 2.45) is 5.92 Å². The maximum atomic E-state index is 12.4. The molecule has 0 bridgehead atoms. The highest BCUT2D eigenvalue weighted by atomic mass is 16.2. The molecular weight excluding hydrogens is 440 g/mol. The van der Waals surface area contributed by atoms with Crippen LogP contribution in [0.3, 0.4) is 0 Å². The summed E-state index contributed by atoms with van der Waals surface area (Å²) in [5.41, 5.74) is 4.89. The second-order valence-corrected chi connectivity index (χ2v) is 9.39. The third-order valence-corrected chi connectivity index (χ3v) is 6.78. The molecule has 0 unspecified atom stereocenters. The van der Waals surface area contributed by atoms with E-state index in [1.54, 1.807) is 18.6 Å². The molecule has 4 heterocycles. The lowest BCUT2D eigenvalue weighted by Crippen LogP contribution is -2.48. The van der Waals surface area contributed by atoms with Gasteiger partial charge in [0.25, 0.3) is 0 Å². The second-order valence-electron chi connectivity index (χ2n) is 9.39. The molecule has 1 amide bonds. The zero-order valence-corrected chi connectivity index (χ0v) is 19.5. The first-order valence-electron chi connectivity index (χ1n) is 12.2. The van der Waals surface area contributed by atoms with Gasteiger partial charge >= 0.3 is 0 Å². The average molecular weight is 469 g/mol. The predicted octanol–water partition coefficient (Wildman–Crippen LogP) is 3.60. The highest BCUT2D eigenvalue weighted by Crippen LogP contribution is 2.33. The number of nitrogens with one attached hydrogen (secondary N) is 2. The maximum Gasteiger partial charge on any atom is 0.222 e. The summed E-state index contributed by atoms with van der Waals surface area (Å²) >= 11 is 0. The minimum absolute atomic E-state index is 0.323. The molecule has 1 saturated carbocycles. The van der Waals surface area contributed by atoms with Crippen LogP contribution in [0, 0.1) is 5.92 Å². The fourth-order valence-corrected chi connectivity index (χ4v) is 4.58. The van der Waals surface area contributed by atoms with E-state index in [1.807, 2.05) is 23.1 Å². The van der Waals surface area contributed by atoms with Gasteiger partial charge < -0.3 is 15.2 Å². The predicted molar refractivity (Wildman–Crippen MR) is 134 cm³/mol. The monoisotopic (exact) mass is 468 g/mol. The van der Waals surface area contributed by atoms with Crippen LogP contribution in [0.15, 0.2) is 55.2 Å². The SMILES string of the molecule is O=C(CC1CC1)N1CCN(Cc2cccnc2Nc2nc3ccc(-c4cncnc4)cc3[nH]2)CC1. The zero-order valence-electron chi connectivity index (χ0n) is 19.5. The number of hydrogen-bond acceptors (Lipinski definition) is 7. The Kier molecular flexibility index (Phi) is 5.83. The van der Waals surface area contributed by atoms with Crippen molar-refractivity contribution in [1.29, 1.82) is 0 Å². The molecule has 178 valence electrons. The fraction of sp³-hybridized carbons (Fsp3) is 0.346. The summed E-state index contributed by atoms with van der Waals surface area (Å²) in [4.78, 5) is 37.7. The molecule has 2 aliphatic rings. The van der Waals surface area contributed by atoms with E-state index in [-0.39, 0.29) is 0 Å². The van der Waals surface area contributed by atoms with Gasteiger partial charge in [-0.05, 0) is 42.5 Å². The third kappa shape index (κ3) is 5.00. The van der Waals surface area contributed by atoms with E-state index in [2.05, 4.69) is 42.3 Å². The third-order valence-electron chi connectivity index (χ3n) is 6.78. The Morgan fingerprint density at radius 3 is 2.69 bits per heavy atom. The van der Waals surface area contributed by atoms with E-state index in [4.69, 9.17) is 4.98 Å². The Bertz CT molecular complexity index is 1330.